The second-order valence-corrected chi connectivity index (χ2v) is 6.64. The first-order valence-electron chi connectivity index (χ1n) is 8.58. The maximum Gasteiger partial charge on any atom is 0.254 e. The number of benzene rings is 1. The van der Waals surface area contributed by atoms with Crippen LogP contribution in [-0.4, -0.2) is 36.7 Å². The molecule has 3 heterocycles. The Morgan fingerprint density at radius 3 is 2.44 bits per heavy atom. The van der Waals surface area contributed by atoms with Crippen LogP contribution in [0.3, 0.4) is 0 Å². The summed E-state index contributed by atoms with van der Waals surface area (Å²) in [5.41, 5.74) is 1.74. The van der Waals surface area contributed by atoms with E-state index in [0.717, 1.165) is 23.9 Å². The van der Waals surface area contributed by atoms with E-state index in [2.05, 4.69) is 28.6 Å². The molecule has 0 saturated carbocycles. The number of hydrogen-bond acceptors (Lipinski definition) is 3. The van der Waals surface area contributed by atoms with Crippen molar-refractivity contribution < 1.29 is 4.79 Å². The quantitative estimate of drug-likeness (QED) is 0.739. The summed E-state index contributed by atoms with van der Waals surface area (Å²) in [4.78, 5) is 14.7. The second-order valence-electron chi connectivity index (χ2n) is 6.64. The van der Waals surface area contributed by atoms with Crippen molar-refractivity contribution >= 4 is 5.91 Å². The summed E-state index contributed by atoms with van der Waals surface area (Å²) in [5, 5.41) is 8.54. The molecule has 0 bridgehead atoms. The number of fused-ring (bicyclic) bond motifs is 1. The van der Waals surface area contributed by atoms with Gasteiger partial charge >= 0.3 is 0 Å². The summed E-state index contributed by atoms with van der Waals surface area (Å²) in [5.74, 6) is 2.24. The summed E-state index contributed by atoms with van der Waals surface area (Å²) < 4.78 is 4.16. The number of amides is 1. The Bertz CT molecular complexity index is 877. The number of aromatic nitrogens is 4. The van der Waals surface area contributed by atoms with Crippen molar-refractivity contribution in [3.05, 3.63) is 66.0 Å². The molecule has 0 fully saturated rings. The molecule has 1 aromatic carbocycles. The minimum Gasteiger partial charge on any atom is -0.329 e. The molecule has 128 valence electrons. The zero-order chi connectivity index (χ0) is 17.4. The molecule has 1 amide bonds. The van der Waals surface area contributed by atoms with Crippen molar-refractivity contribution in [1.29, 1.82) is 0 Å². The van der Waals surface area contributed by atoms with E-state index in [1.165, 1.54) is 0 Å². The number of nitrogens with zero attached hydrogens (tertiary/aromatic N) is 5. The van der Waals surface area contributed by atoms with Gasteiger partial charge in [0, 0.05) is 42.7 Å². The van der Waals surface area contributed by atoms with Crippen LogP contribution >= 0.6 is 0 Å². The minimum absolute atomic E-state index is 0.0411. The smallest absolute Gasteiger partial charge is 0.254 e. The van der Waals surface area contributed by atoms with E-state index in [-0.39, 0.29) is 5.91 Å². The molecule has 0 saturated heterocycles. The molecule has 0 atom stereocenters. The van der Waals surface area contributed by atoms with Gasteiger partial charge in [-0.1, -0.05) is 13.8 Å². The predicted molar refractivity (Wildman–Crippen MR) is 94.6 cm³/mol. The standard InChI is InChI=1S/C19H21N5O/c1-14(2)18-21-20-17-13-23(11-12-24(17)18)19(25)15-5-7-16(8-6-15)22-9-3-4-10-22/h3-10,14H,11-13H2,1-2H3. The molecule has 2 aromatic heterocycles. The largest absolute Gasteiger partial charge is 0.329 e. The zero-order valence-electron chi connectivity index (χ0n) is 14.5. The molecule has 0 radical (unpaired) electrons. The lowest BCUT2D eigenvalue weighted by atomic mass is 10.1. The van der Waals surface area contributed by atoms with Crippen molar-refractivity contribution in [3.8, 4) is 5.69 Å². The number of carbonyl (C=O) groups excluding carboxylic acids is 1. The maximum atomic E-state index is 12.8. The van der Waals surface area contributed by atoms with Crippen LogP contribution in [0.4, 0.5) is 0 Å². The van der Waals surface area contributed by atoms with Crippen LogP contribution < -0.4 is 0 Å². The Morgan fingerprint density at radius 2 is 1.76 bits per heavy atom. The average Bonchev–Trinajstić information content (AvgIpc) is 3.30. The van der Waals surface area contributed by atoms with Gasteiger partial charge < -0.3 is 14.0 Å². The highest BCUT2D eigenvalue weighted by Gasteiger charge is 2.25. The molecule has 3 aromatic rings. The van der Waals surface area contributed by atoms with Gasteiger partial charge in [0.05, 0.1) is 6.54 Å². The summed E-state index contributed by atoms with van der Waals surface area (Å²) in [6.07, 6.45) is 3.97. The highest BCUT2D eigenvalue weighted by Crippen LogP contribution is 2.20. The van der Waals surface area contributed by atoms with E-state index in [1.807, 2.05) is 58.3 Å². The topological polar surface area (TPSA) is 56.0 Å². The lowest BCUT2D eigenvalue weighted by molar-refractivity contribution is 0.0706. The van der Waals surface area contributed by atoms with Gasteiger partial charge in [0.1, 0.15) is 5.82 Å². The molecule has 0 aliphatic carbocycles. The van der Waals surface area contributed by atoms with Crippen molar-refractivity contribution in [3.63, 3.8) is 0 Å². The fourth-order valence-electron chi connectivity index (χ4n) is 3.25. The molecule has 0 spiro atoms. The third-order valence-corrected chi connectivity index (χ3v) is 4.60. The summed E-state index contributed by atoms with van der Waals surface area (Å²) in [6.45, 7) is 6.17. The normalized spacial score (nSPS) is 14.0. The van der Waals surface area contributed by atoms with E-state index in [9.17, 15) is 4.79 Å². The Labute approximate surface area is 146 Å². The molecule has 6 nitrogen and oxygen atoms in total. The lowest BCUT2D eigenvalue weighted by Crippen LogP contribution is -2.38. The van der Waals surface area contributed by atoms with Gasteiger partial charge in [0.2, 0.25) is 0 Å². The van der Waals surface area contributed by atoms with Crippen LogP contribution in [0.5, 0.6) is 0 Å². The molecular formula is C19H21N5O. The fourth-order valence-corrected chi connectivity index (χ4v) is 3.25. The highest BCUT2D eigenvalue weighted by atomic mass is 16.2. The first kappa shape index (κ1) is 15.6. The van der Waals surface area contributed by atoms with Crippen molar-refractivity contribution in [2.24, 2.45) is 0 Å². The zero-order valence-corrected chi connectivity index (χ0v) is 14.5. The molecular weight excluding hydrogens is 314 g/mol. The van der Waals surface area contributed by atoms with Crippen LogP contribution in [0.1, 0.15) is 41.8 Å². The molecule has 0 unspecified atom stereocenters. The van der Waals surface area contributed by atoms with E-state index in [4.69, 9.17) is 0 Å². The van der Waals surface area contributed by atoms with Crippen molar-refractivity contribution in [2.75, 3.05) is 6.54 Å². The molecule has 1 aliphatic heterocycles. The first-order valence-corrected chi connectivity index (χ1v) is 8.58. The van der Waals surface area contributed by atoms with E-state index in [0.29, 0.717) is 24.6 Å². The van der Waals surface area contributed by atoms with Crippen molar-refractivity contribution in [2.45, 2.75) is 32.9 Å². The van der Waals surface area contributed by atoms with Crippen LogP contribution in [0.2, 0.25) is 0 Å². The Hall–Kier alpha value is -2.89. The average molecular weight is 335 g/mol. The van der Waals surface area contributed by atoms with Crippen LogP contribution in [-0.2, 0) is 13.1 Å². The Kier molecular flexibility index (Phi) is 3.87. The molecule has 4 rings (SSSR count). The maximum absolute atomic E-state index is 12.8. The number of carbonyl (C=O) groups is 1. The highest BCUT2D eigenvalue weighted by molar-refractivity contribution is 5.94. The summed E-state index contributed by atoms with van der Waals surface area (Å²) in [6, 6.07) is 11.7. The molecule has 0 N–H and O–H groups in total. The van der Waals surface area contributed by atoms with Gasteiger partial charge in [-0.25, -0.2) is 0 Å². The third kappa shape index (κ3) is 2.84. The van der Waals surface area contributed by atoms with E-state index >= 15 is 0 Å². The van der Waals surface area contributed by atoms with Gasteiger partial charge in [-0.3, -0.25) is 4.79 Å². The van der Waals surface area contributed by atoms with Gasteiger partial charge in [0.25, 0.3) is 5.91 Å². The Morgan fingerprint density at radius 1 is 1.04 bits per heavy atom. The van der Waals surface area contributed by atoms with E-state index < -0.39 is 0 Å². The lowest BCUT2D eigenvalue weighted by Gasteiger charge is -2.28. The van der Waals surface area contributed by atoms with Gasteiger partial charge in [-0.05, 0) is 36.4 Å². The summed E-state index contributed by atoms with van der Waals surface area (Å²) in [7, 11) is 0. The molecule has 1 aliphatic rings. The second kappa shape index (κ2) is 6.20. The van der Waals surface area contributed by atoms with Crippen molar-refractivity contribution in [1.82, 2.24) is 24.2 Å². The monoisotopic (exact) mass is 335 g/mol. The number of rotatable bonds is 3. The van der Waals surface area contributed by atoms with E-state index in [1.54, 1.807) is 0 Å². The minimum atomic E-state index is 0.0411. The van der Waals surface area contributed by atoms with Crippen LogP contribution in [0, 0.1) is 0 Å². The number of hydrogen-bond donors (Lipinski definition) is 0. The van der Waals surface area contributed by atoms with Crippen LogP contribution in [0.15, 0.2) is 48.8 Å². The first-order chi connectivity index (χ1) is 12.1. The van der Waals surface area contributed by atoms with Crippen LogP contribution in [0.25, 0.3) is 5.69 Å². The Balaban J connectivity index is 1.51. The SMILES string of the molecule is CC(C)c1nnc2n1CCN(C(=O)c1ccc(-n3cccc3)cc1)C2. The molecule has 25 heavy (non-hydrogen) atoms. The fraction of sp³-hybridized carbons (Fsp3) is 0.316. The van der Waals surface area contributed by atoms with Gasteiger partial charge in [0.15, 0.2) is 5.82 Å². The predicted octanol–water partition coefficient (Wildman–Crippen LogP) is 2.85. The van der Waals surface area contributed by atoms with Gasteiger partial charge in [-0.2, -0.15) is 0 Å². The summed E-state index contributed by atoms with van der Waals surface area (Å²) >= 11 is 0. The van der Waals surface area contributed by atoms with Gasteiger partial charge in [-0.15, -0.1) is 10.2 Å². The third-order valence-electron chi connectivity index (χ3n) is 4.60. The molecule has 6 heteroatoms.